The van der Waals surface area contributed by atoms with Gasteiger partial charge in [-0.25, -0.2) is 4.79 Å². The number of anilines is 1. The molecule has 1 saturated heterocycles. The molecule has 0 radical (unpaired) electrons. The number of hydrogen-bond acceptors (Lipinski definition) is 6. The lowest BCUT2D eigenvalue weighted by Gasteiger charge is -2.30. The summed E-state index contributed by atoms with van der Waals surface area (Å²) >= 11 is 5.13. The molecule has 2 amide bonds. The number of carbonyl (C=O) groups excluding carboxylic acids is 3. The number of rotatable bonds is 4. The summed E-state index contributed by atoms with van der Waals surface area (Å²) in [5.74, 6) is -2.69. The van der Waals surface area contributed by atoms with Crippen LogP contribution in [0.1, 0.15) is 10.4 Å². The van der Waals surface area contributed by atoms with Crippen molar-refractivity contribution >= 4 is 52.7 Å². The summed E-state index contributed by atoms with van der Waals surface area (Å²) in [5, 5.41) is 2.54. The Hall–Kier alpha value is -3.39. The number of thiocarbonyl (C=S) groups is 1. The Bertz CT molecular complexity index is 943. The number of carbonyl (C=O) groups is 3. The van der Waals surface area contributed by atoms with Crippen molar-refractivity contribution in [3.05, 3.63) is 60.2 Å². The lowest BCUT2D eigenvalue weighted by molar-refractivity contribution is -0.130. The summed E-state index contributed by atoms with van der Waals surface area (Å²) < 4.78 is 4.66. The van der Waals surface area contributed by atoms with Gasteiger partial charge in [-0.05, 0) is 42.5 Å². The van der Waals surface area contributed by atoms with Gasteiger partial charge in [-0.2, -0.15) is 0 Å². The molecule has 27 heavy (non-hydrogen) atoms. The number of esters is 1. The quantitative estimate of drug-likeness (QED) is 0.380. The third-order valence-corrected chi connectivity index (χ3v) is 4.14. The number of methoxy groups -OCH3 is 1. The van der Waals surface area contributed by atoms with Crippen LogP contribution in [-0.4, -0.2) is 36.2 Å². The highest BCUT2D eigenvalue weighted by atomic mass is 32.1. The van der Waals surface area contributed by atoms with E-state index in [9.17, 15) is 14.4 Å². The van der Waals surface area contributed by atoms with Crippen molar-refractivity contribution in [1.29, 1.82) is 0 Å². The SMILES string of the molecule is COC(=O)c1cccc(N=C[C@H]2C(=O)NC(=S)N(c3ccccc3)C2=O)c1. The lowest BCUT2D eigenvalue weighted by atomic mass is 10.1. The second-order valence-electron chi connectivity index (χ2n) is 5.60. The van der Waals surface area contributed by atoms with Crippen LogP contribution in [0, 0.1) is 5.92 Å². The first-order chi connectivity index (χ1) is 13.0. The highest BCUT2D eigenvalue weighted by Gasteiger charge is 2.38. The Morgan fingerprint density at radius 1 is 1.19 bits per heavy atom. The van der Waals surface area contributed by atoms with E-state index in [0.29, 0.717) is 16.9 Å². The Morgan fingerprint density at radius 2 is 1.93 bits per heavy atom. The normalized spacial score (nSPS) is 17.1. The highest BCUT2D eigenvalue weighted by molar-refractivity contribution is 7.80. The number of nitrogens with one attached hydrogen (secondary N) is 1. The molecule has 0 bridgehead atoms. The van der Waals surface area contributed by atoms with Gasteiger partial charge in [0.15, 0.2) is 11.0 Å². The Labute approximate surface area is 160 Å². The molecule has 1 N–H and O–H groups in total. The van der Waals surface area contributed by atoms with Crippen LogP contribution in [0.5, 0.6) is 0 Å². The Kier molecular flexibility index (Phi) is 5.37. The number of aliphatic imine (C=N–C) groups is 1. The van der Waals surface area contributed by atoms with E-state index in [2.05, 4.69) is 15.0 Å². The molecule has 1 aliphatic heterocycles. The van der Waals surface area contributed by atoms with Gasteiger partial charge in [0, 0.05) is 6.21 Å². The molecule has 2 aromatic rings. The molecule has 1 aliphatic rings. The van der Waals surface area contributed by atoms with Crippen LogP contribution in [0.4, 0.5) is 11.4 Å². The molecule has 3 rings (SSSR count). The predicted molar refractivity (Wildman–Crippen MR) is 104 cm³/mol. The van der Waals surface area contributed by atoms with Crippen molar-refractivity contribution in [2.45, 2.75) is 0 Å². The molecule has 8 heteroatoms. The van der Waals surface area contributed by atoms with Gasteiger partial charge in [0.25, 0.3) is 5.91 Å². The molecule has 136 valence electrons. The largest absolute Gasteiger partial charge is 0.465 e. The van der Waals surface area contributed by atoms with Crippen LogP contribution < -0.4 is 10.2 Å². The van der Waals surface area contributed by atoms with E-state index in [4.69, 9.17) is 12.2 Å². The first kappa shape index (κ1) is 18.4. The molecule has 1 atom stereocenters. The Morgan fingerprint density at radius 3 is 2.63 bits per heavy atom. The molecular formula is C19H15N3O4S. The van der Waals surface area contributed by atoms with Crippen molar-refractivity contribution in [2.24, 2.45) is 10.9 Å². The van der Waals surface area contributed by atoms with Crippen LogP contribution in [0.2, 0.25) is 0 Å². The molecule has 0 spiro atoms. The molecule has 0 saturated carbocycles. The first-order valence-electron chi connectivity index (χ1n) is 7.97. The molecule has 7 nitrogen and oxygen atoms in total. The summed E-state index contributed by atoms with van der Waals surface area (Å²) in [6, 6.07) is 15.2. The molecule has 1 heterocycles. The molecule has 0 aliphatic carbocycles. The molecule has 0 aromatic heterocycles. The van der Waals surface area contributed by atoms with Gasteiger partial charge >= 0.3 is 5.97 Å². The average Bonchev–Trinajstić information content (AvgIpc) is 2.68. The van der Waals surface area contributed by atoms with E-state index in [1.165, 1.54) is 24.3 Å². The molecule has 0 unspecified atom stereocenters. The maximum Gasteiger partial charge on any atom is 0.337 e. The fourth-order valence-electron chi connectivity index (χ4n) is 2.54. The second-order valence-corrected chi connectivity index (χ2v) is 5.99. The summed E-state index contributed by atoms with van der Waals surface area (Å²) in [4.78, 5) is 42.1. The minimum atomic E-state index is -1.14. The fraction of sp³-hybridized carbons (Fsp3) is 0.105. The molecular weight excluding hydrogens is 366 g/mol. The van der Waals surface area contributed by atoms with E-state index in [1.54, 1.807) is 42.5 Å². The summed E-state index contributed by atoms with van der Waals surface area (Å²) in [6.07, 6.45) is 1.24. The topological polar surface area (TPSA) is 88.1 Å². The number of ether oxygens (including phenoxy) is 1. The van der Waals surface area contributed by atoms with Crippen LogP contribution >= 0.6 is 12.2 Å². The minimum Gasteiger partial charge on any atom is -0.465 e. The highest BCUT2D eigenvalue weighted by Crippen LogP contribution is 2.21. The number of nitrogens with zero attached hydrogens (tertiary/aromatic N) is 2. The van der Waals surface area contributed by atoms with Crippen molar-refractivity contribution in [2.75, 3.05) is 12.0 Å². The smallest absolute Gasteiger partial charge is 0.337 e. The third kappa shape index (κ3) is 3.90. The van der Waals surface area contributed by atoms with Gasteiger partial charge in [0.05, 0.1) is 24.0 Å². The summed E-state index contributed by atoms with van der Waals surface area (Å²) in [6.45, 7) is 0. The number of hydrogen-bond donors (Lipinski definition) is 1. The van der Waals surface area contributed by atoms with Gasteiger partial charge < -0.3 is 10.1 Å². The zero-order valence-corrected chi connectivity index (χ0v) is 15.1. The lowest BCUT2D eigenvalue weighted by Crippen LogP contribution is -2.58. The molecule has 2 aromatic carbocycles. The zero-order valence-electron chi connectivity index (χ0n) is 14.3. The third-order valence-electron chi connectivity index (χ3n) is 3.86. The van der Waals surface area contributed by atoms with E-state index < -0.39 is 23.7 Å². The first-order valence-corrected chi connectivity index (χ1v) is 8.38. The predicted octanol–water partition coefficient (Wildman–Crippen LogP) is 2.24. The van der Waals surface area contributed by atoms with Gasteiger partial charge in [-0.15, -0.1) is 0 Å². The van der Waals surface area contributed by atoms with E-state index >= 15 is 0 Å². The van der Waals surface area contributed by atoms with E-state index in [-0.39, 0.29) is 5.11 Å². The summed E-state index contributed by atoms with van der Waals surface area (Å²) in [5.41, 5.74) is 1.29. The molecule has 1 fully saturated rings. The maximum absolute atomic E-state index is 12.8. The van der Waals surface area contributed by atoms with Gasteiger partial charge in [0.1, 0.15) is 0 Å². The van der Waals surface area contributed by atoms with Crippen molar-refractivity contribution in [1.82, 2.24) is 5.32 Å². The van der Waals surface area contributed by atoms with Crippen LogP contribution in [-0.2, 0) is 14.3 Å². The summed E-state index contributed by atoms with van der Waals surface area (Å²) in [7, 11) is 1.28. The second kappa shape index (κ2) is 7.88. The van der Waals surface area contributed by atoms with Crippen molar-refractivity contribution < 1.29 is 19.1 Å². The average molecular weight is 381 g/mol. The van der Waals surface area contributed by atoms with E-state index in [0.717, 1.165) is 0 Å². The van der Waals surface area contributed by atoms with Crippen LogP contribution in [0.15, 0.2) is 59.6 Å². The van der Waals surface area contributed by atoms with Gasteiger partial charge in [0.2, 0.25) is 5.91 Å². The van der Waals surface area contributed by atoms with Gasteiger partial charge in [-0.3, -0.25) is 19.5 Å². The monoisotopic (exact) mass is 381 g/mol. The zero-order chi connectivity index (χ0) is 19.4. The van der Waals surface area contributed by atoms with E-state index in [1.807, 2.05) is 6.07 Å². The maximum atomic E-state index is 12.8. The minimum absolute atomic E-state index is 0.0218. The van der Waals surface area contributed by atoms with Crippen LogP contribution in [0.3, 0.4) is 0 Å². The van der Waals surface area contributed by atoms with Crippen molar-refractivity contribution in [3.63, 3.8) is 0 Å². The number of para-hydroxylation sites is 1. The Balaban J connectivity index is 1.86. The standard InChI is InChI=1S/C19H15N3O4S/c1-26-18(25)12-6-5-7-13(10-12)20-11-15-16(23)21-19(27)22(17(15)24)14-8-3-2-4-9-14/h2-11,15H,1H3,(H,21,23,27)/t15-/m0/s1. The van der Waals surface area contributed by atoms with Crippen LogP contribution in [0.25, 0.3) is 0 Å². The van der Waals surface area contributed by atoms with Crippen molar-refractivity contribution in [3.8, 4) is 0 Å². The fourth-order valence-corrected chi connectivity index (χ4v) is 2.83. The number of amides is 2. The van der Waals surface area contributed by atoms with Gasteiger partial charge in [-0.1, -0.05) is 24.3 Å². The number of benzene rings is 2.